The zero-order valence-electron chi connectivity index (χ0n) is 14.9. The maximum absolute atomic E-state index is 12.6. The molecule has 4 rings (SSSR count). The van der Waals surface area contributed by atoms with E-state index in [9.17, 15) is 4.79 Å². The third-order valence-corrected chi connectivity index (χ3v) is 4.67. The van der Waals surface area contributed by atoms with Crippen molar-refractivity contribution in [1.29, 1.82) is 0 Å². The standard InChI is InChI=1S/C20H21N5O2/c26-20(22-13-11-15-7-2-1-3-8-15)25-14-6-10-17(25)19-23-18(24-27-19)16-9-4-5-12-21-16/h1-5,7-9,12,17H,6,10-11,13-14H2,(H,22,26)/t17-/m0/s1. The summed E-state index contributed by atoms with van der Waals surface area (Å²) in [6.45, 7) is 1.28. The van der Waals surface area contributed by atoms with Crippen molar-refractivity contribution in [2.24, 2.45) is 0 Å². The SMILES string of the molecule is O=C(NCCc1ccccc1)N1CCC[C@H]1c1nc(-c2ccccn2)no1. The van der Waals surface area contributed by atoms with E-state index < -0.39 is 0 Å². The number of amides is 2. The molecule has 7 nitrogen and oxygen atoms in total. The second kappa shape index (κ2) is 7.99. The average molecular weight is 363 g/mol. The minimum Gasteiger partial charge on any atom is -0.338 e. The molecule has 0 spiro atoms. The summed E-state index contributed by atoms with van der Waals surface area (Å²) in [6.07, 6.45) is 4.22. The summed E-state index contributed by atoms with van der Waals surface area (Å²) < 4.78 is 5.43. The Hall–Kier alpha value is -3.22. The van der Waals surface area contributed by atoms with Crippen LogP contribution in [-0.4, -0.2) is 39.1 Å². The van der Waals surface area contributed by atoms with Gasteiger partial charge < -0.3 is 14.7 Å². The van der Waals surface area contributed by atoms with Crippen molar-refractivity contribution < 1.29 is 9.32 Å². The molecule has 0 unspecified atom stereocenters. The number of hydrogen-bond acceptors (Lipinski definition) is 5. The first-order valence-corrected chi connectivity index (χ1v) is 9.14. The molecule has 3 heterocycles. The smallest absolute Gasteiger partial charge is 0.318 e. The Morgan fingerprint density at radius 2 is 2.04 bits per heavy atom. The van der Waals surface area contributed by atoms with Gasteiger partial charge in [0.25, 0.3) is 0 Å². The first-order valence-electron chi connectivity index (χ1n) is 9.14. The molecule has 2 amide bonds. The fraction of sp³-hybridized carbons (Fsp3) is 0.300. The lowest BCUT2D eigenvalue weighted by atomic mass is 10.1. The molecule has 0 saturated carbocycles. The fourth-order valence-corrected chi connectivity index (χ4v) is 3.30. The first-order chi connectivity index (χ1) is 13.3. The van der Waals surface area contributed by atoms with Gasteiger partial charge in [-0.2, -0.15) is 4.98 Å². The Bertz CT molecular complexity index is 882. The highest BCUT2D eigenvalue weighted by Gasteiger charge is 2.34. The lowest BCUT2D eigenvalue weighted by Gasteiger charge is -2.22. The van der Waals surface area contributed by atoms with Crippen LogP contribution in [0.2, 0.25) is 0 Å². The van der Waals surface area contributed by atoms with E-state index in [0.717, 1.165) is 19.3 Å². The molecule has 27 heavy (non-hydrogen) atoms. The second-order valence-corrected chi connectivity index (χ2v) is 6.49. The molecular formula is C20H21N5O2. The van der Waals surface area contributed by atoms with Crippen LogP contribution in [0.1, 0.15) is 30.3 Å². The zero-order valence-corrected chi connectivity index (χ0v) is 14.9. The Kier molecular flexibility index (Phi) is 5.09. The van der Waals surface area contributed by atoms with Gasteiger partial charge in [-0.3, -0.25) is 4.98 Å². The average Bonchev–Trinajstić information content (AvgIpc) is 3.39. The summed E-state index contributed by atoms with van der Waals surface area (Å²) in [5.74, 6) is 0.910. The highest BCUT2D eigenvalue weighted by molar-refractivity contribution is 5.75. The van der Waals surface area contributed by atoms with E-state index in [1.165, 1.54) is 5.56 Å². The highest BCUT2D eigenvalue weighted by atomic mass is 16.5. The van der Waals surface area contributed by atoms with Crippen molar-refractivity contribution in [2.75, 3.05) is 13.1 Å². The normalized spacial score (nSPS) is 16.4. The van der Waals surface area contributed by atoms with Crippen LogP contribution in [0.25, 0.3) is 11.5 Å². The van der Waals surface area contributed by atoms with Crippen LogP contribution in [0.4, 0.5) is 4.79 Å². The molecule has 0 radical (unpaired) electrons. The molecule has 1 saturated heterocycles. The molecule has 138 valence electrons. The molecule has 1 aliphatic heterocycles. The van der Waals surface area contributed by atoms with Gasteiger partial charge >= 0.3 is 6.03 Å². The van der Waals surface area contributed by atoms with Crippen LogP contribution in [0.5, 0.6) is 0 Å². The number of pyridine rings is 1. The molecule has 7 heteroatoms. The van der Waals surface area contributed by atoms with Crippen LogP contribution in [0, 0.1) is 0 Å². The number of nitrogens with one attached hydrogen (secondary N) is 1. The van der Waals surface area contributed by atoms with E-state index in [2.05, 4.69) is 32.6 Å². The molecule has 1 atom stereocenters. The molecular weight excluding hydrogens is 342 g/mol. The summed E-state index contributed by atoms with van der Waals surface area (Å²) in [5, 5.41) is 7.02. The summed E-state index contributed by atoms with van der Waals surface area (Å²) in [5.41, 5.74) is 1.86. The van der Waals surface area contributed by atoms with Gasteiger partial charge in [0.05, 0.1) is 0 Å². The molecule has 1 aliphatic rings. The maximum atomic E-state index is 12.6. The van der Waals surface area contributed by atoms with Crippen molar-refractivity contribution in [2.45, 2.75) is 25.3 Å². The van der Waals surface area contributed by atoms with Gasteiger partial charge in [0.15, 0.2) is 0 Å². The lowest BCUT2D eigenvalue weighted by molar-refractivity contribution is 0.180. The Labute approximate surface area is 157 Å². The molecule has 1 aromatic carbocycles. The summed E-state index contributed by atoms with van der Waals surface area (Å²) in [6, 6.07) is 15.4. The van der Waals surface area contributed by atoms with Gasteiger partial charge in [-0.25, -0.2) is 4.79 Å². The number of carbonyl (C=O) groups is 1. The molecule has 1 fully saturated rings. The van der Waals surface area contributed by atoms with Crippen molar-refractivity contribution in [3.05, 3.63) is 66.2 Å². The maximum Gasteiger partial charge on any atom is 0.318 e. The van der Waals surface area contributed by atoms with Crippen molar-refractivity contribution >= 4 is 6.03 Å². The predicted octanol–water partition coefficient (Wildman–Crippen LogP) is 3.22. The minimum absolute atomic E-state index is 0.0917. The van der Waals surface area contributed by atoms with Gasteiger partial charge in [-0.05, 0) is 37.0 Å². The Morgan fingerprint density at radius 3 is 2.85 bits per heavy atom. The van der Waals surface area contributed by atoms with Crippen molar-refractivity contribution in [1.82, 2.24) is 25.3 Å². The first kappa shape index (κ1) is 17.2. The van der Waals surface area contributed by atoms with E-state index in [-0.39, 0.29) is 12.1 Å². The third-order valence-electron chi connectivity index (χ3n) is 4.67. The number of nitrogens with zero attached hydrogens (tertiary/aromatic N) is 4. The predicted molar refractivity (Wildman–Crippen MR) is 99.8 cm³/mol. The van der Waals surface area contributed by atoms with E-state index in [1.807, 2.05) is 36.4 Å². The molecule has 3 aromatic rings. The number of rotatable bonds is 5. The van der Waals surface area contributed by atoms with Gasteiger partial charge in [0, 0.05) is 19.3 Å². The molecule has 1 N–H and O–H groups in total. The highest BCUT2D eigenvalue weighted by Crippen LogP contribution is 2.31. The number of benzene rings is 1. The molecule has 2 aromatic heterocycles. The lowest BCUT2D eigenvalue weighted by Crippen LogP contribution is -2.40. The van der Waals surface area contributed by atoms with Gasteiger partial charge in [-0.15, -0.1) is 0 Å². The van der Waals surface area contributed by atoms with Crippen LogP contribution in [0.15, 0.2) is 59.3 Å². The fourth-order valence-electron chi connectivity index (χ4n) is 3.30. The van der Waals surface area contributed by atoms with Crippen molar-refractivity contribution in [3.63, 3.8) is 0 Å². The Balaban J connectivity index is 1.38. The van der Waals surface area contributed by atoms with E-state index in [0.29, 0.717) is 30.5 Å². The number of likely N-dealkylation sites (tertiary alicyclic amines) is 1. The van der Waals surface area contributed by atoms with Gasteiger partial charge in [0.1, 0.15) is 11.7 Å². The number of hydrogen-bond donors (Lipinski definition) is 1. The monoisotopic (exact) mass is 363 g/mol. The van der Waals surface area contributed by atoms with Crippen LogP contribution in [-0.2, 0) is 6.42 Å². The van der Waals surface area contributed by atoms with E-state index in [1.54, 1.807) is 11.1 Å². The largest absolute Gasteiger partial charge is 0.338 e. The molecule has 0 aliphatic carbocycles. The summed E-state index contributed by atoms with van der Waals surface area (Å²) in [7, 11) is 0. The van der Waals surface area contributed by atoms with Gasteiger partial charge in [0.2, 0.25) is 11.7 Å². The number of aromatic nitrogens is 3. The minimum atomic E-state index is -0.188. The molecule has 0 bridgehead atoms. The zero-order chi connectivity index (χ0) is 18.5. The van der Waals surface area contributed by atoms with Gasteiger partial charge in [-0.1, -0.05) is 41.6 Å². The van der Waals surface area contributed by atoms with Crippen molar-refractivity contribution in [3.8, 4) is 11.5 Å². The van der Waals surface area contributed by atoms with Crippen LogP contribution >= 0.6 is 0 Å². The summed E-state index contributed by atoms with van der Waals surface area (Å²) in [4.78, 5) is 23.1. The number of carbonyl (C=O) groups excluding carboxylic acids is 1. The van der Waals surface area contributed by atoms with E-state index in [4.69, 9.17) is 4.52 Å². The van der Waals surface area contributed by atoms with E-state index >= 15 is 0 Å². The third kappa shape index (κ3) is 3.97. The van der Waals surface area contributed by atoms with Crippen LogP contribution < -0.4 is 5.32 Å². The topological polar surface area (TPSA) is 84.2 Å². The van der Waals surface area contributed by atoms with Crippen LogP contribution in [0.3, 0.4) is 0 Å². The second-order valence-electron chi connectivity index (χ2n) is 6.49. The summed E-state index contributed by atoms with van der Waals surface area (Å²) >= 11 is 0. The Morgan fingerprint density at radius 1 is 1.19 bits per heavy atom. The number of urea groups is 1. The quantitative estimate of drug-likeness (QED) is 0.752.